The van der Waals surface area contributed by atoms with Crippen LogP contribution >= 0.6 is 7.60 Å². The SMILES string of the molecule is CCOP(=O)(Cn1cc(CO)nn1)OCC. The maximum Gasteiger partial charge on any atom is 0.351 e. The Morgan fingerprint density at radius 1 is 1.44 bits per heavy atom. The molecule has 0 saturated heterocycles. The van der Waals surface area contributed by atoms with E-state index in [4.69, 9.17) is 14.2 Å². The predicted octanol–water partition coefficient (Wildman–Crippen LogP) is 0.994. The fourth-order valence-corrected chi connectivity index (χ4v) is 2.69. The van der Waals surface area contributed by atoms with Gasteiger partial charge in [0.25, 0.3) is 0 Å². The van der Waals surface area contributed by atoms with Gasteiger partial charge in [-0.25, -0.2) is 4.68 Å². The van der Waals surface area contributed by atoms with Crippen LogP contribution in [0.3, 0.4) is 0 Å². The zero-order chi connectivity index (χ0) is 12.0. The lowest BCUT2D eigenvalue weighted by Crippen LogP contribution is -2.05. The molecule has 0 saturated carbocycles. The molecule has 0 bridgehead atoms. The number of aliphatic hydroxyl groups excluding tert-OH is 1. The molecule has 0 atom stereocenters. The number of aliphatic hydroxyl groups is 1. The maximum atomic E-state index is 12.1. The molecular weight excluding hydrogens is 233 g/mol. The highest BCUT2D eigenvalue weighted by Crippen LogP contribution is 2.49. The van der Waals surface area contributed by atoms with Crippen molar-refractivity contribution in [2.75, 3.05) is 13.2 Å². The second-order valence-corrected chi connectivity index (χ2v) is 5.02. The van der Waals surface area contributed by atoms with E-state index in [9.17, 15) is 4.57 Å². The van der Waals surface area contributed by atoms with Crippen molar-refractivity contribution in [1.82, 2.24) is 15.0 Å². The fraction of sp³-hybridized carbons (Fsp3) is 0.750. The minimum absolute atomic E-state index is 0.00167. The van der Waals surface area contributed by atoms with Crippen molar-refractivity contribution in [2.24, 2.45) is 0 Å². The van der Waals surface area contributed by atoms with Crippen LogP contribution in [-0.4, -0.2) is 33.3 Å². The molecule has 0 unspecified atom stereocenters. The molecule has 92 valence electrons. The van der Waals surface area contributed by atoms with E-state index in [0.717, 1.165) is 0 Å². The zero-order valence-electron chi connectivity index (χ0n) is 9.37. The van der Waals surface area contributed by atoms with Gasteiger partial charge in [0.1, 0.15) is 12.0 Å². The number of nitrogens with zero attached hydrogens (tertiary/aromatic N) is 3. The van der Waals surface area contributed by atoms with Crippen LogP contribution in [0.5, 0.6) is 0 Å². The van der Waals surface area contributed by atoms with E-state index in [2.05, 4.69) is 10.3 Å². The van der Waals surface area contributed by atoms with E-state index in [0.29, 0.717) is 18.9 Å². The second-order valence-electron chi connectivity index (χ2n) is 3.00. The summed E-state index contributed by atoms with van der Waals surface area (Å²) in [4.78, 5) is 0. The van der Waals surface area contributed by atoms with E-state index in [1.807, 2.05) is 0 Å². The lowest BCUT2D eigenvalue weighted by Gasteiger charge is -2.16. The summed E-state index contributed by atoms with van der Waals surface area (Å²) >= 11 is 0. The van der Waals surface area contributed by atoms with E-state index >= 15 is 0 Å². The molecule has 0 aliphatic rings. The number of hydrogen-bond donors (Lipinski definition) is 1. The highest BCUT2D eigenvalue weighted by Gasteiger charge is 2.24. The third kappa shape index (κ3) is 3.68. The quantitative estimate of drug-likeness (QED) is 0.725. The Hall–Kier alpha value is -0.750. The van der Waals surface area contributed by atoms with Crippen LogP contribution in [0.4, 0.5) is 0 Å². The Labute approximate surface area is 93.9 Å². The van der Waals surface area contributed by atoms with Crippen molar-refractivity contribution < 1.29 is 18.7 Å². The fourth-order valence-electron chi connectivity index (χ4n) is 1.17. The number of rotatable bonds is 7. The van der Waals surface area contributed by atoms with Crippen molar-refractivity contribution in [3.05, 3.63) is 11.9 Å². The first kappa shape index (κ1) is 13.3. The van der Waals surface area contributed by atoms with Crippen molar-refractivity contribution in [1.29, 1.82) is 0 Å². The molecule has 0 amide bonds. The van der Waals surface area contributed by atoms with Crippen LogP contribution in [0, 0.1) is 0 Å². The van der Waals surface area contributed by atoms with Gasteiger partial charge in [-0.05, 0) is 13.8 Å². The molecule has 0 radical (unpaired) electrons. The van der Waals surface area contributed by atoms with Crippen LogP contribution in [-0.2, 0) is 26.5 Å². The largest absolute Gasteiger partial charge is 0.390 e. The van der Waals surface area contributed by atoms with Gasteiger partial charge < -0.3 is 14.2 Å². The molecule has 0 aromatic carbocycles. The summed E-state index contributed by atoms with van der Waals surface area (Å²) in [7, 11) is -3.16. The molecule has 8 heteroatoms. The van der Waals surface area contributed by atoms with Crippen molar-refractivity contribution in [3.8, 4) is 0 Å². The smallest absolute Gasteiger partial charge is 0.351 e. The molecule has 16 heavy (non-hydrogen) atoms. The molecule has 1 aromatic heterocycles. The summed E-state index contributed by atoms with van der Waals surface area (Å²) < 4.78 is 23.6. The summed E-state index contributed by atoms with van der Waals surface area (Å²) in [6.07, 6.45) is 1.51. The Morgan fingerprint density at radius 2 is 2.06 bits per heavy atom. The van der Waals surface area contributed by atoms with E-state index < -0.39 is 7.60 Å². The van der Waals surface area contributed by atoms with Gasteiger partial charge in [-0.15, -0.1) is 5.10 Å². The molecule has 1 rings (SSSR count). The average Bonchev–Trinajstić information content (AvgIpc) is 2.65. The highest BCUT2D eigenvalue weighted by molar-refractivity contribution is 7.52. The first-order chi connectivity index (χ1) is 7.63. The predicted molar refractivity (Wildman–Crippen MR) is 56.8 cm³/mol. The van der Waals surface area contributed by atoms with Gasteiger partial charge in [0.05, 0.1) is 26.0 Å². The molecule has 1 N–H and O–H groups in total. The van der Waals surface area contributed by atoms with Gasteiger partial charge in [-0.3, -0.25) is 4.57 Å². The topological polar surface area (TPSA) is 86.5 Å². The normalized spacial score (nSPS) is 11.9. The number of aromatic nitrogens is 3. The third-order valence-corrected chi connectivity index (χ3v) is 3.66. The lowest BCUT2D eigenvalue weighted by molar-refractivity contribution is 0.213. The minimum Gasteiger partial charge on any atom is -0.390 e. The molecule has 1 aromatic rings. The summed E-state index contributed by atoms with van der Waals surface area (Å²) in [6.45, 7) is 3.89. The standard InChI is InChI=1S/C8H16N3O4P/c1-3-14-16(13,15-4-2)7-11-5-8(6-12)9-10-11/h5,12H,3-4,6-7H2,1-2H3. The Balaban J connectivity index is 2.71. The van der Waals surface area contributed by atoms with Gasteiger partial charge in [-0.1, -0.05) is 5.21 Å². The van der Waals surface area contributed by atoms with Crippen molar-refractivity contribution >= 4 is 7.60 Å². The average molecular weight is 249 g/mol. The monoisotopic (exact) mass is 249 g/mol. The Morgan fingerprint density at radius 3 is 2.50 bits per heavy atom. The molecule has 0 spiro atoms. The molecule has 7 nitrogen and oxygen atoms in total. The summed E-state index contributed by atoms with van der Waals surface area (Å²) in [5.41, 5.74) is 0.416. The second kappa shape index (κ2) is 6.10. The van der Waals surface area contributed by atoms with E-state index in [1.165, 1.54) is 10.9 Å². The minimum atomic E-state index is -3.16. The summed E-state index contributed by atoms with van der Waals surface area (Å²) in [6, 6.07) is 0. The van der Waals surface area contributed by atoms with Crippen molar-refractivity contribution in [3.63, 3.8) is 0 Å². The van der Waals surface area contributed by atoms with Crippen LogP contribution in [0.25, 0.3) is 0 Å². The first-order valence-corrected chi connectivity index (χ1v) is 6.74. The lowest BCUT2D eigenvalue weighted by atomic mass is 10.5. The zero-order valence-corrected chi connectivity index (χ0v) is 10.3. The Kier molecular flexibility index (Phi) is 5.08. The van der Waals surface area contributed by atoms with Gasteiger partial charge in [0.15, 0.2) is 0 Å². The van der Waals surface area contributed by atoms with Crippen LogP contribution in [0.2, 0.25) is 0 Å². The van der Waals surface area contributed by atoms with Gasteiger partial charge in [-0.2, -0.15) is 0 Å². The summed E-state index contributed by atoms with van der Waals surface area (Å²) in [5, 5.41) is 16.2. The van der Waals surface area contributed by atoms with E-state index in [1.54, 1.807) is 13.8 Å². The molecule has 0 aliphatic heterocycles. The van der Waals surface area contributed by atoms with Crippen molar-refractivity contribution in [2.45, 2.75) is 26.7 Å². The molecule has 1 heterocycles. The highest BCUT2D eigenvalue weighted by atomic mass is 31.2. The Bertz CT molecular complexity index is 358. The molecule has 0 fully saturated rings. The van der Waals surface area contributed by atoms with Gasteiger partial charge >= 0.3 is 7.60 Å². The van der Waals surface area contributed by atoms with E-state index in [-0.39, 0.29) is 12.9 Å². The van der Waals surface area contributed by atoms with Crippen LogP contribution in [0.1, 0.15) is 19.5 Å². The molecular formula is C8H16N3O4P. The number of hydrogen-bond acceptors (Lipinski definition) is 6. The maximum absolute atomic E-state index is 12.1. The third-order valence-electron chi connectivity index (χ3n) is 1.72. The van der Waals surface area contributed by atoms with Gasteiger partial charge in [0, 0.05) is 0 Å². The first-order valence-electron chi connectivity index (χ1n) is 5.01. The summed E-state index contributed by atoms with van der Waals surface area (Å²) in [5.74, 6) is 0. The molecule has 0 aliphatic carbocycles. The van der Waals surface area contributed by atoms with Crippen LogP contribution < -0.4 is 0 Å². The van der Waals surface area contributed by atoms with Gasteiger partial charge in [0.2, 0.25) is 0 Å². The van der Waals surface area contributed by atoms with Crippen LogP contribution in [0.15, 0.2) is 6.20 Å².